The fraction of sp³-hybridized carbons (Fsp3) is 0.385. The molecule has 0 radical (unpaired) electrons. The van der Waals surface area contributed by atoms with Crippen molar-refractivity contribution in [1.82, 2.24) is 24.5 Å². The molecule has 4 aromatic rings. The topological polar surface area (TPSA) is 130 Å². The van der Waals surface area contributed by atoms with Gasteiger partial charge in [-0.15, -0.1) is 10.2 Å². The van der Waals surface area contributed by atoms with Crippen LogP contribution in [0.25, 0.3) is 5.65 Å². The van der Waals surface area contributed by atoms with Gasteiger partial charge in [-0.3, -0.25) is 9.82 Å². The van der Waals surface area contributed by atoms with Crippen LogP contribution in [0.5, 0.6) is 5.75 Å². The van der Waals surface area contributed by atoms with Crippen LogP contribution in [-0.4, -0.2) is 39.0 Å². The number of nitrogens with zero attached hydrogens (tertiary/aromatic N) is 3. The maximum atomic E-state index is 13.0. The second-order valence-electron chi connectivity index (χ2n) is 10.3. The summed E-state index contributed by atoms with van der Waals surface area (Å²) in [4.78, 5) is 0.00610. The Morgan fingerprint density at radius 2 is 1.87 bits per heavy atom. The summed E-state index contributed by atoms with van der Waals surface area (Å²) in [5.74, 6) is 0.808. The third kappa shape index (κ3) is 6.25. The van der Waals surface area contributed by atoms with E-state index in [2.05, 4.69) is 45.5 Å². The molecule has 0 saturated heterocycles. The predicted octanol–water partition coefficient (Wildman–Crippen LogP) is 4.51. The van der Waals surface area contributed by atoms with Crippen LogP contribution in [0.15, 0.2) is 53.4 Å². The van der Waals surface area contributed by atoms with Crippen molar-refractivity contribution < 1.29 is 16.8 Å². The molecule has 0 amide bonds. The summed E-state index contributed by atoms with van der Waals surface area (Å²) in [7, 11) is -3.87. The molecular formula is C26H34N6O4S2. The number of aryl methyl sites for hydroxylation is 2. The van der Waals surface area contributed by atoms with Gasteiger partial charge in [0.05, 0.1) is 10.6 Å². The second kappa shape index (κ2) is 10.9. The van der Waals surface area contributed by atoms with E-state index in [0.717, 1.165) is 34.7 Å². The molecule has 38 heavy (non-hydrogen) atoms. The van der Waals surface area contributed by atoms with Crippen molar-refractivity contribution >= 4 is 32.6 Å². The van der Waals surface area contributed by atoms with Gasteiger partial charge in [-0.25, -0.2) is 17.7 Å². The Kier molecular flexibility index (Phi) is 7.96. The minimum Gasteiger partial charge on any atom is -0.389 e. The van der Waals surface area contributed by atoms with Gasteiger partial charge >= 0.3 is 0 Å². The molecule has 0 aliphatic rings. The smallest absolute Gasteiger partial charge is 0.288 e. The number of nitrogens with one attached hydrogen (secondary N) is 3. The van der Waals surface area contributed by atoms with Crippen LogP contribution >= 0.6 is 0 Å². The van der Waals surface area contributed by atoms with Crippen LogP contribution in [0.4, 0.5) is 5.69 Å². The molecule has 2 heterocycles. The molecule has 2 unspecified atom stereocenters. The molecule has 0 fully saturated rings. The monoisotopic (exact) mass is 558 g/mol. The minimum absolute atomic E-state index is 0.00610. The SMILES string of the molecule is CCC(CNS(=O)Oc1cccc(S(=O)(=O)Nc2cc(C)ccc2C)c1)c1nnc2cc(C(C)(C)C)[nH]n12. The van der Waals surface area contributed by atoms with E-state index in [0.29, 0.717) is 12.2 Å². The van der Waals surface area contributed by atoms with Gasteiger partial charge in [0.15, 0.2) is 11.5 Å². The summed E-state index contributed by atoms with van der Waals surface area (Å²) in [6.45, 7) is 12.4. The van der Waals surface area contributed by atoms with Gasteiger partial charge in [-0.2, -0.15) is 4.21 Å². The Morgan fingerprint density at radius 3 is 2.58 bits per heavy atom. The first kappa shape index (κ1) is 27.8. The van der Waals surface area contributed by atoms with E-state index in [9.17, 15) is 12.6 Å². The van der Waals surface area contributed by atoms with Crippen LogP contribution in [0.1, 0.15) is 62.7 Å². The van der Waals surface area contributed by atoms with E-state index in [4.69, 9.17) is 4.18 Å². The molecule has 0 spiro atoms. The molecular weight excluding hydrogens is 524 g/mol. The maximum absolute atomic E-state index is 13.0. The lowest BCUT2D eigenvalue weighted by Gasteiger charge is -2.16. The number of anilines is 1. The molecule has 2 atom stereocenters. The van der Waals surface area contributed by atoms with Crippen molar-refractivity contribution in [3.63, 3.8) is 0 Å². The van der Waals surface area contributed by atoms with E-state index in [1.807, 2.05) is 43.5 Å². The molecule has 10 nitrogen and oxygen atoms in total. The normalized spacial score (nSPS) is 13.9. The van der Waals surface area contributed by atoms with Gasteiger partial charge in [-0.1, -0.05) is 45.9 Å². The Morgan fingerprint density at radius 1 is 1.11 bits per heavy atom. The number of H-pyrrole nitrogens is 1. The molecule has 0 aliphatic carbocycles. The lowest BCUT2D eigenvalue weighted by molar-refractivity contribution is 0.524. The van der Waals surface area contributed by atoms with E-state index in [1.54, 1.807) is 18.2 Å². The number of aromatic nitrogens is 4. The fourth-order valence-electron chi connectivity index (χ4n) is 3.89. The summed E-state index contributed by atoms with van der Waals surface area (Å²) >= 11 is -1.91. The van der Waals surface area contributed by atoms with E-state index in [1.165, 1.54) is 12.1 Å². The summed E-state index contributed by atoms with van der Waals surface area (Å²) < 4.78 is 51.5. The number of aromatic amines is 1. The van der Waals surface area contributed by atoms with E-state index >= 15 is 0 Å². The van der Waals surface area contributed by atoms with Crippen molar-refractivity contribution in [3.8, 4) is 5.75 Å². The molecule has 4 rings (SSSR count). The van der Waals surface area contributed by atoms with Gasteiger partial charge in [0.1, 0.15) is 5.75 Å². The summed E-state index contributed by atoms with van der Waals surface area (Å²) in [5, 5.41) is 12.0. The number of benzene rings is 2. The number of hydrogen-bond donors (Lipinski definition) is 3. The lowest BCUT2D eigenvalue weighted by atomic mass is 9.93. The molecule has 0 aliphatic heterocycles. The Hall–Kier alpha value is -3.22. The van der Waals surface area contributed by atoms with E-state index < -0.39 is 21.3 Å². The molecule has 204 valence electrons. The highest BCUT2D eigenvalue weighted by atomic mass is 32.2. The molecule has 0 bridgehead atoms. The summed E-state index contributed by atoms with van der Waals surface area (Å²) in [6.07, 6.45) is 0.729. The van der Waals surface area contributed by atoms with Gasteiger partial charge in [0, 0.05) is 35.7 Å². The Labute approximate surface area is 226 Å². The zero-order chi connectivity index (χ0) is 27.7. The summed E-state index contributed by atoms with van der Waals surface area (Å²) in [6, 6.07) is 13.4. The van der Waals surface area contributed by atoms with Crippen LogP contribution in [-0.2, 0) is 26.7 Å². The van der Waals surface area contributed by atoms with Gasteiger partial charge in [-0.05, 0) is 49.6 Å². The van der Waals surface area contributed by atoms with Crippen molar-refractivity contribution in [2.45, 2.75) is 64.2 Å². The first-order chi connectivity index (χ1) is 17.9. The average molecular weight is 559 g/mol. The highest BCUT2D eigenvalue weighted by Crippen LogP contribution is 2.26. The standard InChI is InChI=1S/C26H34N6O4S2/c1-7-19(25-29-28-24-15-23(26(4,5)6)30-32(24)25)16-27-37(33)36-20-9-8-10-21(14-20)38(34,35)31-22-13-17(2)11-12-18(22)3/h8-15,19,27,30-31H,7,16H2,1-6H3. The third-order valence-corrected chi connectivity index (χ3v) is 8.37. The number of rotatable bonds is 10. The van der Waals surface area contributed by atoms with Crippen LogP contribution in [0.2, 0.25) is 0 Å². The first-order valence-electron chi connectivity index (χ1n) is 12.4. The van der Waals surface area contributed by atoms with Gasteiger partial charge < -0.3 is 4.18 Å². The van der Waals surface area contributed by atoms with Gasteiger partial charge in [0.2, 0.25) is 0 Å². The molecule has 12 heteroatoms. The zero-order valence-electron chi connectivity index (χ0n) is 22.4. The Balaban J connectivity index is 1.43. The summed E-state index contributed by atoms with van der Waals surface area (Å²) in [5.41, 5.74) is 3.96. The highest BCUT2D eigenvalue weighted by molar-refractivity contribution is 7.92. The van der Waals surface area contributed by atoms with E-state index in [-0.39, 0.29) is 22.0 Å². The molecule has 0 saturated carbocycles. The predicted molar refractivity (Wildman–Crippen MR) is 149 cm³/mol. The largest absolute Gasteiger partial charge is 0.389 e. The van der Waals surface area contributed by atoms with Crippen molar-refractivity contribution in [1.29, 1.82) is 0 Å². The number of sulfonamides is 1. The van der Waals surface area contributed by atoms with Crippen LogP contribution in [0, 0.1) is 13.8 Å². The first-order valence-corrected chi connectivity index (χ1v) is 14.9. The fourth-order valence-corrected chi connectivity index (χ4v) is 5.72. The highest BCUT2D eigenvalue weighted by Gasteiger charge is 2.23. The molecule has 3 N–H and O–H groups in total. The van der Waals surface area contributed by atoms with Crippen molar-refractivity contribution in [2.75, 3.05) is 11.3 Å². The zero-order valence-corrected chi connectivity index (χ0v) is 24.0. The quantitative estimate of drug-likeness (QED) is 0.262. The van der Waals surface area contributed by atoms with Crippen LogP contribution < -0.4 is 13.6 Å². The third-order valence-electron chi connectivity index (χ3n) is 6.26. The molecule has 2 aromatic heterocycles. The number of hydrogen-bond acceptors (Lipinski definition) is 6. The van der Waals surface area contributed by atoms with Crippen LogP contribution in [0.3, 0.4) is 0 Å². The van der Waals surface area contributed by atoms with Crippen molar-refractivity contribution in [2.24, 2.45) is 0 Å². The minimum atomic E-state index is -3.87. The number of fused-ring (bicyclic) bond motifs is 1. The second-order valence-corrected chi connectivity index (χ2v) is 12.9. The average Bonchev–Trinajstić information content (AvgIpc) is 3.44. The Bertz CT molecular complexity index is 1570. The molecule has 2 aromatic carbocycles. The van der Waals surface area contributed by atoms with Gasteiger partial charge in [0.25, 0.3) is 21.3 Å². The maximum Gasteiger partial charge on any atom is 0.288 e. The lowest BCUT2D eigenvalue weighted by Crippen LogP contribution is -2.27. The van der Waals surface area contributed by atoms with Crippen molar-refractivity contribution in [3.05, 3.63) is 71.2 Å².